The molecule has 0 unspecified atom stereocenters. The summed E-state index contributed by atoms with van der Waals surface area (Å²) in [4.78, 5) is 11.9. The zero-order chi connectivity index (χ0) is 13.5. The molecular formula is C16H13NO3. The number of fused-ring (bicyclic) bond motifs is 2. The number of nitrogens with one attached hydrogen (secondary N) is 1. The summed E-state index contributed by atoms with van der Waals surface area (Å²) in [5, 5.41) is 2.91. The van der Waals surface area contributed by atoms with Crippen LogP contribution in [0.4, 0.5) is 5.69 Å². The van der Waals surface area contributed by atoms with E-state index in [4.69, 9.17) is 9.47 Å². The van der Waals surface area contributed by atoms with Gasteiger partial charge in [0.05, 0.1) is 0 Å². The van der Waals surface area contributed by atoms with Crippen LogP contribution in [0.3, 0.4) is 0 Å². The molecular weight excluding hydrogens is 254 g/mol. The van der Waals surface area contributed by atoms with Crippen LogP contribution in [0, 0.1) is 0 Å². The number of hydrogen-bond acceptors (Lipinski definition) is 3. The van der Waals surface area contributed by atoms with Crippen molar-refractivity contribution >= 4 is 11.6 Å². The van der Waals surface area contributed by atoms with Crippen LogP contribution in [0.2, 0.25) is 0 Å². The minimum atomic E-state index is 0.0326. The molecule has 2 aliphatic heterocycles. The van der Waals surface area contributed by atoms with Crippen molar-refractivity contribution < 1.29 is 14.3 Å². The predicted molar refractivity (Wildman–Crippen MR) is 74.1 cm³/mol. The van der Waals surface area contributed by atoms with Crippen molar-refractivity contribution in [3.05, 3.63) is 53.6 Å². The van der Waals surface area contributed by atoms with Gasteiger partial charge in [0.15, 0.2) is 11.5 Å². The van der Waals surface area contributed by atoms with Crippen LogP contribution >= 0.6 is 0 Å². The fraction of sp³-hybridized carbons (Fsp3) is 0.188. The Bertz CT molecular complexity index is 682. The van der Waals surface area contributed by atoms with E-state index in [1.54, 1.807) is 0 Å². The number of carbonyl (C=O) groups is 1. The monoisotopic (exact) mass is 267 g/mol. The van der Waals surface area contributed by atoms with Gasteiger partial charge in [0, 0.05) is 24.1 Å². The lowest BCUT2D eigenvalue weighted by atomic mass is 9.84. The SMILES string of the molecule is O=C1C[C@@H](c2ccccc2)c2cc3c(cc2N1)OCO3. The van der Waals surface area contributed by atoms with Crippen LogP contribution in [0.1, 0.15) is 23.5 Å². The highest BCUT2D eigenvalue weighted by Crippen LogP contribution is 2.44. The Kier molecular flexibility index (Phi) is 2.42. The first-order chi connectivity index (χ1) is 9.81. The number of hydrogen-bond donors (Lipinski definition) is 1. The molecule has 2 aliphatic rings. The highest BCUT2D eigenvalue weighted by atomic mass is 16.7. The third kappa shape index (κ3) is 1.72. The average Bonchev–Trinajstić information content (AvgIpc) is 2.92. The summed E-state index contributed by atoms with van der Waals surface area (Å²) in [5.41, 5.74) is 3.04. The number of benzene rings is 2. The number of carbonyl (C=O) groups excluding carboxylic acids is 1. The van der Waals surface area contributed by atoms with E-state index in [0.717, 1.165) is 22.6 Å². The van der Waals surface area contributed by atoms with E-state index in [2.05, 4.69) is 17.4 Å². The van der Waals surface area contributed by atoms with Crippen molar-refractivity contribution in [2.45, 2.75) is 12.3 Å². The van der Waals surface area contributed by atoms with Gasteiger partial charge in [-0.2, -0.15) is 0 Å². The lowest BCUT2D eigenvalue weighted by molar-refractivity contribution is -0.116. The highest BCUT2D eigenvalue weighted by molar-refractivity contribution is 5.96. The van der Waals surface area contributed by atoms with Gasteiger partial charge in [0.2, 0.25) is 12.7 Å². The van der Waals surface area contributed by atoms with Crippen LogP contribution < -0.4 is 14.8 Å². The molecule has 1 amide bonds. The molecule has 2 aromatic rings. The summed E-state index contributed by atoms with van der Waals surface area (Å²) in [5.74, 6) is 1.54. The van der Waals surface area contributed by atoms with Crippen molar-refractivity contribution in [1.29, 1.82) is 0 Å². The minimum absolute atomic E-state index is 0.0326. The lowest BCUT2D eigenvalue weighted by Crippen LogP contribution is -2.23. The smallest absolute Gasteiger partial charge is 0.231 e. The molecule has 0 aliphatic carbocycles. The Morgan fingerprint density at radius 3 is 2.60 bits per heavy atom. The summed E-state index contributed by atoms with van der Waals surface area (Å²) in [6.45, 7) is 0.238. The number of rotatable bonds is 1. The van der Waals surface area contributed by atoms with Crippen molar-refractivity contribution in [3.8, 4) is 11.5 Å². The van der Waals surface area contributed by atoms with Crippen LogP contribution in [0.5, 0.6) is 11.5 Å². The maximum Gasteiger partial charge on any atom is 0.231 e. The Labute approximate surface area is 116 Å². The molecule has 1 atom stereocenters. The summed E-state index contributed by atoms with van der Waals surface area (Å²) < 4.78 is 10.8. The second-order valence-corrected chi connectivity index (χ2v) is 5.01. The largest absolute Gasteiger partial charge is 0.454 e. The number of ether oxygens (including phenoxy) is 2. The molecule has 0 radical (unpaired) electrons. The molecule has 1 N–H and O–H groups in total. The van der Waals surface area contributed by atoms with Gasteiger partial charge in [-0.15, -0.1) is 0 Å². The van der Waals surface area contributed by atoms with Gasteiger partial charge < -0.3 is 14.8 Å². The third-order valence-corrected chi connectivity index (χ3v) is 3.79. The highest BCUT2D eigenvalue weighted by Gasteiger charge is 2.29. The van der Waals surface area contributed by atoms with Gasteiger partial charge in [0.25, 0.3) is 0 Å². The molecule has 4 nitrogen and oxygen atoms in total. The Morgan fingerprint density at radius 2 is 1.80 bits per heavy atom. The Hall–Kier alpha value is -2.49. The average molecular weight is 267 g/mol. The van der Waals surface area contributed by atoms with Crippen LogP contribution in [-0.4, -0.2) is 12.7 Å². The van der Waals surface area contributed by atoms with Crippen LogP contribution in [0.15, 0.2) is 42.5 Å². The second kappa shape index (κ2) is 4.27. The summed E-state index contributed by atoms with van der Waals surface area (Å²) >= 11 is 0. The predicted octanol–water partition coefficient (Wildman–Crippen LogP) is 2.89. The molecule has 0 saturated heterocycles. The van der Waals surface area contributed by atoms with E-state index in [-0.39, 0.29) is 18.6 Å². The topological polar surface area (TPSA) is 47.6 Å². The summed E-state index contributed by atoms with van der Waals surface area (Å²) in [7, 11) is 0. The fourth-order valence-corrected chi connectivity index (χ4v) is 2.83. The molecule has 0 saturated carbocycles. The molecule has 0 bridgehead atoms. The molecule has 0 spiro atoms. The maximum absolute atomic E-state index is 11.9. The van der Waals surface area contributed by atoms with Gasteiger partial charge in [-0.25, -0.2) is 0 Å². The summed E-state index contributed by atoms with van der Waals surface area (Å²) in [6, 6.07) is 13.9. The second-order valence-electron chi connectivity index (χ2n) is 5.01. The molecule has 2 heterocycles. The van der Waals surface area contributed by atoms with Gasteiger partial charge in [-0.1, -0.05) is 30.3 Å². The molecule has 2 aromatic carbocycles. The first kappa shape index (κ1) is 11.3. The van der Waals surface area contributed by atoms with E-state index in [1.807, 2.05) is 30.3 Å². The third-order valence-electron chi connectivity index (χ3n) is 3.79. The number of amides is 1. The maximum atomic E-state index is 11.9. The zero-order valence-corrected chi connectivity index (χ0v) is 10.8. The van der Waals surface area contributed by atoms with Gasteiger partial charge >= 0.3 is 0 Å². The standard InChI is InChI=1S/C16H13NO3/c18-16-7-11(10-4-2-1-3-5-10)12-6-14-15(20-9-19-14)8-13(12)17-16/h1-6,8,11H,7,9H2,(H,17,18)/t11-/m0/s1. The molecule has 4 rings (SSSR count). The lowest BCUT2D eigenvalue weighted by Gasteiger charge is -2.26. The van der Waals surface area contributed by atoms with E-state index < -0.39 is 0 Å². The molecule has 4 heteroatoms. The molecule has 100 valence electrons. The van der Waals surface area contributed by atoms with E-state index in [1.165, 1.54) is 0 Å². The van der Waals surface area contributed by atoms with Gasteiger partial charge in [0.1, 0.15) is 0 Å². The fourth-order valence-electron chi connectivity index (χ4n) is 2.83. The quantitative estimate of drug-likeness (QED) is 0.864. The van der Waals surface area contributed by atoms with E-state index in [0.29, 0.717) is 12.2 Å². The van der Waals surface area contributed by atoms with E-state index in [9.17, 15) is 4.79 Å². The number of anilines is 1. The Morgan fingerprint density at radius 1 is 1.05 bits per heavy atom. The minimum Gasteiger partial charge on any atom is -0.454 e. The first-order valence-electron chi connectivity index (χ1n) is 6.59. The van der Waals surface area contributed by atoms with Crippen molar-refractivity contribution in [2.24, 2.45) is 0 Å². The normalized spacial score (nSPS) is 19.4. The van der Waals surface area contributed by atoms with Crippen LogP contribution in [-0.2, 0) is 4.79 Å². The zero-order valence-electron chi connectivity index (χ0n) is 10.8. The van der Waals surface area contributed by atoms with Gasteiger partial charge in [-0.3, -0.25) is 4.79 Å². The van der Waals surface area contributed by atoms with Gasteiger partial charge in [-0.05, 0) is 17.2 Å². The van der Waals surface area contributed by atoms with Crippen molar-refractivity contribution in [1.82, 2.24) is 0 Å². The molecule has 0 fully saturated rings. The van der Waals surface area contributed by atoms with Crippen molar-refractivity contribution in [2.75, 3.05) is 12.1 Å². The van der Waals surface area contributed by atoms with Crippen molar-refractivity contribution in [3.63, 3.8) is 0 Å². The molecule has 20 heavy (non-hydrogen) atoms. The molecule has 0 aromatic heterocycles. The first-order valence-corrected chi connectivity index (χ1v) is 6.59. The van der Waals surface area contributed by atoms with Crippen LogP contribution in [0.25, 0.3) is 0 Å². The summed E-state index contributed by atoms with van der Waals surface area (Å²) in [6.07, 6.45) is 0.455. The Balaban J connectivity index is 1.86. The van der Waals surface area contributed by atoms with E-state index >= 15 is 0 Å².